The van der Waals surface area contributed by atoms with E-state index in [1.807, 2.05) is 6.07 Å². The standard InChI is InChI=1S/C18H12IN/c19-14-7-9-17-16(11-14)15-8-6-13(10-18(15)20-17)12-4-2-1-3-5-12/h1-11,20H. The molecule has 0 spiro atoms. The minimum absolute atomic E-state index is 1.20. The van der Waals surface area contributed by atoms with Gasteiger partial charge in [0.1, 0.15) is 0 Å². The van der Waals surface area contributed by atoms with Crippen molar-refractivity contribution in [1.82, 2.24) is 4.98 Å². The second-order valence-corrected chi connectivity index (χ2v) is 6.19. The highest BCUT2D eigenvalue weighted by Crippen LogP contribution is 2.30. The summed E-state index contributed by atoms with van der Waals surface area (Å²) in [5.41, 5.74) is 4.90. The quantitative estimate of drug-likeness (QED) is 0.421. The van der Waals surface area contributed by atoms with Gasteiger partial charge in [0.05, 0.1) is 0 Å². The Morgan fingerprint density at radius 2 is 1.50 bits per heavy atom. The van der Waals surface area contributed by atoms with Gasteiger partial charge < -0.3 is 4.98 Å². The molecule has 1 heterocycles. The fourth-order valence-corrected chi connectivity index (χ4v) is 3.18. The molecule has 0 saturated carbocycles. The Bertz CT molecular complexity index is 907. The molecule has 0 aliphatic heterocycles. The lowest BCUT2D eigenvalue weighted by Gasteiger charge is -2.01. The average molecular weight is 369 g/mol. The molecule has 0 unspecified atom stereocenters. The molecule has 0 saturated heterocycles. The molecule has 0 bridgehead atoms. The van der Waals surface area contributed by atoms with Crippen LogP contribution in [0.1, 0.15) is 0 Å². The van der Waals surface area contributed by atoms with Gasteiger partial charge in [-0.25, -0.2) is 0 Å². The molecule has 2 heteroatoms. The van der Waals surface area contributed by atoms with E-state index in [2.05, 4.69) is 88.2 Å². The van der Waals surface area contributed by atoms with E-state index in [0.29, 0.717) is 0 Å². The maximum Gasteiger partial charge on any atom is 0.0471 e. The minimum atomic E-state index is 1.20. The van der Waals surface area contributed by atoms with E-state index in [4.69, 9.17) is 0 Å². The van der Waals surface area contributed by atoms with Crippen LogP contribution in [0.15, 0.2) is 66.7 Å². The van der Waals surface area contributed by atoms with Crippen molar-refractivity contribution in [3.8, 4) is 11.1 Å². The van der Waals surface area contributed by atoms with E-state index < -0.39 is 0 Å². The minimum Gasteiger partial charge on any atom is -0.354 e. The molecule has 0 fully saturated rings. The summed E-state index contributed by atoms with van der Waals surface area (Å²) >= 11 is 2.36. The normalized spacial score (nSPS) is 11.2. The van der Waals surface area contributed by atoms with Crippen molar-refractivity contribution in [2.45, 2.75) is 0 Å². The second kappa shape index (κ2) is 4.63. The lowest BCUT2D eigenvalue weighted by molar-refractivity contribution is 1.54. The van der Waals surface area contributed by atoms with E-state index in [1.54, 1.807) is 0 Å². The fourth-order valence-electron chi connectivity index (χ4n) is 2.69. The first-order chi connectivity index (χ1) is 9.81. The van der Waals surface area contributed by atoms with Gasteiger partial charge in [0.2, 0.25) is 0 Å². The molecule has 0 radical (unpaired) electrons. The summed E-state index contributed by atoms with van der Waals surface area (Å²) in [6.07, 6.45) is 0. The molecule has 1 N–H and O–H groups in total. The van der Waals surface area contributed by atoms with E-state index >= 15 is 0 Å². The predicted octanol–water partition coefficient (Wildman–Crippen LogP) is 5.59. The van der Waals surface area contributed by atoms with E-state index in [-0.39, 0.29) is 0 Å². The number of aromatic amines is 1. The highest BCUT2D eigenvalue weighted by molar-refractivity contribution is 14.1. The summed E-state index contributed by atoms with van der Waals surface area (Å²) in [5, 5.41) is 2.59. The zero-order valence-corrected chi connectivity index (χ0v) is 12.9. The zero-order chi connectivity index (χ0) is 13.5. The van der Waals surface area contributed by atoms with Crippen LogP contribution < -0.4 is 0 Å². The van der Waals surface area contributed by atoms with Crippen LogP contribution in [0.3, 0.4) is 0 Å². The van der Waals surface area contributed by atoms with Gasteiger partial charge in [-0.05, 0) is 58.0 Å². The number of benzene rings is 3. The first kappa shape index (κ1) is 12.0. The predicted molar refractivity (Wildman–Crippen MR) is 94.0 cm³/mol. The number of halogens is 1. The largest absolute Gasteiger partial charge is 0.354 e. The third-order valence-corrected chi connectivity index (χ3v) is 4.34. The monoisotopic (exact) mass is 369 g/mol. The van der Waals surface area contributed by atoms with Crippen LogP contribution in [0.4, 0.5) is 0 Å². The number of hydrogen-bond acceptors (Lipinski definition) is 0. The maximum absolute atomic E-state index is 3.51. The molecular formula is C18H12IN. The van der Waals surface area contributed by atoms with Crippen molar-refractivity contribution in [1.29, 1.82) is 0 Å². The van der Waals surface area contributed by atoms with Gasteiger partial charge in [-0.3, -0.25) is 0 Å². The highest BCUT2D eigenvalue weighted by atomic mass is 127. The Morgan fingerprint density at radius 1 is 0.650 bits per heavy atom. The van der Waals surface area contributed by atoms with Crippen LogP contribution in [0.5, 0.6) is 0 Å². The van der Waals surface area contributed by atoms with Gasteiger partial charge in [0.25, 0.3) is 0 Å². The number of hydrogen-bond donors (Lipinski definition) is 1. The van der Waals surface area contributed by atoms with Crippen molar-refractivity contribution in [2.75, 3.05) is 0 Å². The SMILES string of the molecule is Ic1ccc2[nH]c3cc(-c4ccccc4)ccc3c2c1. The molecule has 3 aromatic carbocycles. The molecule has 1 nitrogen and oxygen atoms in total. The summed E-state index contributed by atoms with van der Waals surface area (Å²) in [5.74, 6) is 0. The summed E-state index contributed by atoms with van der Waals surface area (Å²) < 4.78 is 1.27. The number of H-pyrrole nitrogens is 1. The van der Waals surface area contributed by atoms with Crippen molar-refractivity contribution in [3.05, 3.63) is 70.3 Å². The molecule has 0 amide bonds. The van der Waals surface area contributed by atoms with E-state index in [1.165, 1.54) is 36.5 Å². The molecule has 4 aromatic rings. The van der Waals surface area contributed by atoms with Gasteiger partial charge in [-0.15, -0.1) is 0 Å². The third-order valence-electron chi connectivity index (χ3n) is 3.67. The summed E-state index contributed by atoms with van der Waals surface area (Å²) in [7, 11) is 0. The third kappa shape index (κ3) is 1.91. The van der Waals surface area contributed by atoms with E-state index in [0.717, 1.165) is 0 Å². The Morgan fingerprint density at radius 3 is 2.35 bits per heavy atom. The smallest absolute Gasteiger partial charge is 0.0471 e. The lowest BCUT2D eigenvalue weighted by Crippen LogP contribution is -1.77. The first-order valence-electron chi connectivity index (χ1n) is 6.58. The molecule has 1 aromatic heterocycles. The Balaban J connectivity index is 1.98. The van der Waals surface area contributed by atoms with Crippen LogP contribution in [0, 0.1) is 3.57 Å². The fraction of sp³-hybridized carbons (Fsp3) is 0. The van der Waals surface area contributed by atoms with Gasteiger partial charge in [0, 0.05) is 25.4 Å². The highest BCUT2D eigenvalue weighted by Gasteiger charge is 2.06. The molecule has 0 atom stereocenters. The van der Waals surface area contributed by atoms with Crippen LogP contribution >= 0.6 is 22.6 Å². The van der Waals surface area contributed by atoms with Crippen LogP contribution in [0.2, 0.25) is 0 Å². The molecule has 0 aliphatic rings. The molecule has 0 aliphatic carbocycles. The van der Waals surface area contributed by atoms with Crippen molar-refractivity contribution < 1.29 is 0 Å². The number of aromatic nitrogens is 1. The first-order valence-corrected chi connectivity index (χ1v) is 7.65. The summed E-state index contributed by atoms with van der Waals surface area (Å²) in [6.45, 7) is 0. The number of fused-ring (bicyclic) bond motifs is 3. The maximum atomic E-state index is 3.51. The average Bonchev–Trinajstić information content (AvgIpc) is 2.85. The molecular weight excluding hydrogens is 357 g/mol. The Hall–Kier alpha value is -1.81. The lowest BCUT2D eigenvalue weighted by atomic mass is 10.0. The molecule has 96 valence electrons. The topological polar surface area (TPSA) is 15.8 Å². The van der Waals surface area contributed by atoms with Gasteiger partial charge in [0.15, 0.2) is 0 Å². The van der Waals surface area contributed by atoms with Crippen LogP contribution in [0.25, 0.3) is 32.9 Å². The van der Waals surface area contributed by atoms with Gasteiger partial charge in [-0.1, -0.05) is 42.5 Å². The van der Waals surface area contributed by atoms with Crippen molar-refractivity contribution in [2.24, 2.45) is 0 Å². The van der Waals surface area contributed by atoms with Gasteiger partial charge >= 0.3 is 0 Å². The van der Waals surface area contributed by atoms with Crippen molar-refractivity contribution >= 4 is 44.4 Å². The van der Waals surface area contributed by atoms with Crippen LogP contribution in [-0.2, 0) is 0 Å². The Kier molecular flexibility index (Phi) is 2.77. The number of rotatable bonds is 1. The molecule has 20 heavy (non-hydrogen) atoms. The summed E-state index contributed by atoms with van der Waals surface area (Å²) in [4.78, 5) is 3.51. The molecule has 4 rings (SSSR count). The second-order valence-electron chi connectivity index (χ2n) is 4.94. The zero-order valence-electron chi connectivity index (χ0n) is 10.7. The van der Waals surface area contributed by atoms with Crippen LogP contribution in [-0.4, -0.2) is 4.98 Å². The Labute approximate surface area is 130 Å². The van der Waals surface area contributed by atoms with Crippen molar-refractivity contribution in [3.63, 3.8) is 0 Å². The summed E-state index contributed by atoms with van der Waals surface area (Å²) in [6, 6.07) is 23.7. The van der Waals surface area contributed by atoms with E-state index in [9.17, 15) is 0 Å². The number of nitrogens with one attached hydrogen (secondary N) is 1. The van der Waals surface area contributed by atoms with Gasteiger partial charge in [-0.2, -0.15) is 0 Å².